The number of carbonyl (C=O) groups is 1. The van der Waals surface area contributed by atoms with Crippen molar-refractivity contribution < 1.29 is 23.8 Å². The first-order valence-electron chi connectivity index (χ1n) is 14.6. The molecule has 6 rings (SSSR count). The lowest BCUT2D eigenvalue weighted by atomic mass is 9.88. The third kappa shape index (κ3) is 5.90. The minimum atomic E-state index is -1.23. The third-order valence-electron chi connectivity index (χ3n) is 8.43. The van der Waals surface area contributed by atoms with Crippen LogP contribution in [-0.2, 0) is 23.7 Å². The first kappa shape index (κ1) is 28.6. The maximum absolute atomic E-state index is 14.9. The SMILES string of the molecule is Cc1ccc(C2(C)Oc3cccc(C4CCN(Cc5ncc(/C=C/C(=O)O)n5Cc5cccnc5C)CC4)c3O2)c(F)c1. The summed E-state index contributed by atoms with van der Waals surface area (Å²) >= 11 is 0. The van der Waals surface area contributed by atoms with Crippen LogP contribution < -0.4 is 9.47 Å². The molecule has 2 aromatic carbocycles. The third-order valence-corrected chi connectivity index (χ3v) is 8.43. The van der Waals surface area contributed by atoms with E-state index in [1.54, 1.807) is 31.5 Å². The van der Waals surface area contributed by atoms with E-state index < -0.39 is 11.8 Å². The summed E-state index contributed by atoms with van der Waals surface area (Å²) in [5.41, 5.74) is 5.03. The number of hydrogen-bond acceptors (Lipinski definition) is 6. The number of hydrogen-bond donors (Lipinski definition) is 1. The second kappa shape index (κ2) is 11.6. The molecule has 0 radical (unpaired) electrons. The Morgan fingerprint density at radius 2 is 1.91 bits per heavy atom. The van der Waals surface area contributed by atoms with E-state index in [9.17, 15) is 14.3 Å². The summed E-state index contributed by atoms with van der Waals surface area (Å²) in [7, 11) is 0. The van der Waals surface area contributed by atoms with Gasteiger partial charge in [0, 0.05) is 30.5 Å². The van der Waals surface area contributed by atoms with Crippen molar-refractivity contribution in [2.45, 2.75) is 58.4 Å². The lowest BCUT2D eigenvalue weighted by Gasteiger charge is -2.32. The molecule has 4 heterocycles. The number of rotatable bonds is 8. The van der Waals surface area contributed by atoms with Crippen LogP contribution in [0, 0.1) is 19.7 Å². The zero-order valence-electron chi connectivity index (χ0n) is 24.6. The second-order valence-corrected chi connectivity index (χ2v) is 11.5. The number of aliphatic carboxylic acids is 1. The highest BCUT2D eigenvalue weighted by Crippen LogP contribution is 2.49. The molecule has 1 fully saturated rings. The van der Waals surface area contributed by atoms with Gasteiger partial charge in [-0.3, -0.25) is 9.88 Å². The number of imidazole rings is 1. The number of aromatic nitrogens is 3. The molecule has 0 saturated carbocycles. The predicted molar refractivity (Wildman–Crippen MR) is 160 cm³/mol. The number of halogens is 1. The molecule has 0 amide bonds. The number of nitrogens with zero attached hydrogens (tertiary/aromatic N) is 4. The summed E-state index contributed by atoms with van der Waals surface area (Å²) in [5.74, 6) is -0.0960. The summed E-state index contributed by atoms with van der Waals surface area (Å²) in [4.78, 5) is 22.7. The zero-order chi connectivity index (χ0) is 30.1. The summed E-state index contributed by atoms with van der Waals surface area (Å²) in [6.45, 7) is 8.51. The molecule has 8 nitrogen and oxygen atoms in total. The maximum Gasteiger partial charge on any atom is 0.328 e. The Morgan fingerprint density at radius 3 is 2.65 bits per heavy atom. The number of ether oxygens (including phenoxy) is 2. The van der Waals surface area contributed by atoms with Gasteiger partial charge in [-0.15, -0.1) is 0 Å². The average molecular weight is 583 g/mol. The quantitative estimate of drug-likeness (QED) is 0.247. The fraction of sp³-hybridized carbons (Fsp3) is 0.324. The Hall–Kier alpha value is -4.50. The smallest absolute Gasteiger partial charge is 0.328 e. The van der Waals surface area contributed by atoms with Crippen LogP contribution in [0.2, 0.25) is 0 Å². The van der Waals surface area contributed by atoms with E-state index in [2.05, 4.69) is 25.5 Å². The van der Waals surface area contributed by atoms with E-state index in [0.717, 1.165) is 65.9 Å². The maximum atomic E-state index is 14.9. The molecule has 2 aliphatic rings. The molecule has 0 bridgehead atoms. The van der Waals surface area contributed by atoms with Gasteiger partial charge in [0.25, 0.3) is 5.79 Å². The first-order chi connectivity index (χ1) is 20.7. The molecule has 9 heteroatoms. The number of pyridine rings is 1. The Balaban J connectivity index is 1.17. The van der Waals surface area contributed by atoms with E-state index in [0.29, 0.717) is 30.2 Å². The molecular weight excluding hydrogens is 547 g/mol. The number of likely N-dealkylation sites (tertiary alicyclic amines) is 1. The largest absolute Gasteiger partial charge is 0.478 e. The highest BCUT2D eigenvalue weighted by Gasteiger charge is 2.42. The fourth-order valence-corrected chi connectivity index (χ4v) is 6.05. The Labute approximate surface area is 250 Å². The molecule has 0 aliphatic carbocycles. The lowest BCUT2D eigenvalue weighted by Crippen LogP contribution is -2.34. The fourth-order valence-electron chi connectivity index (χ4n) is 6.05. The van der Waals surface area contributed by atoms with Crippen LogP contribution >= 0.6 is 0 Å². The Morgan fingerprint density at radius 1 is 1.09 bits per heavy atom. The number of carboxylic acids is 1. The van der Waals surface area contributed by atoms with Gasteiger partial charge in [-0.25, -0.2) is 14.2 Å². The number of benzene rings is 2. The van der Waals surface area contributed by atoms with E-state index in [1.807, 2.05) is 44.2 Å². The number of aryl methyl sites for hydroxylation is 2. The van der Waals surface area contributed by atoms with Crippen molar-refractivity contribution in [3.8, 4) is 11.5 Å². The standard InChI is InChI=1S/C34H35FN4O4/c1-22-9-11-28(29(35)18-22)34(3)42-30-8-4-7-27(33(30)43-34)24-13-16-38(17-14-24)21-31-37-19-26(10-12-32(40)41)39(31)20-25-6-5-15-36-23(25)2/h4-12,15,18-19,24H,13-14,16-17,20-21H2,1-3H3,(H,40,41)/b12-10+. The Bertz CT molecular complexity index is 1690. The topological polar surface area (TPSA) is 89.7 Å². The molecule has 0 spiro atoms. The predicted octanol–water partition coefficient (Wildman–Crippen LogP) is 6.20. The van der Waals surface area contributed by atoms with Crippen molar-refractivity contribution in [2.75, 3.05) is 13.1 Å². The van der Waals surface area contributed by atoms with Crippen molar-refractivity contribution in [2.24, 2.45) is 0 Å². The highest BCUT2D eigenvalue weighted by molar-refractivity contribution is 5.84. The van der Waals surface area contributed by atoms with E-state index >= 15 is 0 Å². The highest BCUT2D eigenvalue weighted by atomic mass is 19.1. The van der Waals surface area contributed by atoms with Crippen molar-refractivity contribution in [3.63, 3.8) is 0 Å². The molecule has 43 heavy (non-hydrogen) atoms. The van der Waals surface area contributed by atoms with Crippen molar-refractivity contribution in [1.29, 1.82) is 0 Å². The molecule has 2 aliphatic heterocycles. The number of piperidine rings is 1. The molecule has 2 aromatic heterocycles. The summed E-state index contributed by atoms with van der Waals surface area (Å²) in [6, 6.07) is 15.0. The molecule has 222 valence electrons. The van der Waals surface area contributed by atoms with E-state index in [4.69, 9.17) is 9.47 Å². The van der Waals surface area contributed by atoms with Gasteiger partial charge in [0.2, 0.25) is 0 Å². The minimum Gasteiger partial charge on any atom is -0.478 e. The van der Waals surface area contributed by atoms with E-state index in [-0.39, 0.29) is 11.7 Å². The number of carboxylic acid groups (broad SMARTS) is 1. The number of fused-ring (bicyclic) bond motifs is 1. The van der Waals surface area contributed by atoms with E-state index in [1.165, 1.54) is 6.07 Å². The summed E-state index contributed by atoms with van der Waals surface area (Å²) < 4.78 is 29.6. The van der Waals surface area contributed by atoms with Gasteiger partial charge in [0.15, 0.2) is 11.5 Å². The van der Waals surface area contributed by atoms with Gasteiger partial charge in [0.05, 0.1) is 30.5 Å². The monoisotopic (exact) mass is 582 g/mol. The zero-order valence-corrected chi connectivity index (χ0v) is 24.6. The van der Waals surface area contributed by atoms with Crippen LogP contribution in [0.15, 0.2) is 67.0 Å². The van der Waals surface area contributed by atoms with Crippen LogP contribution in [0.4, 0.5) is 4.39 Å². The van der Waals surface area contributed by atoms with Gasteiger partial charge < -0.3 is 19.1 Å². The average Bonchev–Trinajstić information content (AvgIpc) is 3.53. The van der Waals surface area contributed by atoms with Gasteiger partial charge in [-0.2, -0.15) is 0 Å². The van der Waals surface area contributed by atoms with Gasteiger partial charge in [-0.1, -0.05) is 24.3 Å². The number of para-hydroxylation sites is 1. The van der Waals surface area contributed by atoms with Crippen LogP contribution in [0.5, 0.6) is 11.5 Å². The first-order valence-corrected chi connectivity index (χ1v) is 14.6. The van der Waals surface area contributed by atoms with Gasteiger partial charge in [0.1, 0.15) is 11.6 Å². The summed E-state index contributed by atoms with van der Waals surface area (Å²) in [5, 5.41) is 9.19. The van der Waals surface area contributed by atoms with Crippen molar-refractivity contribution in [3.05, 3.63) is 112 Å². The van der Waals surface area contributed by atoms with Gasteiger partial charge >= 0.3 is 5.97 Å². The molecule has 1 saturated heterocycles. The molecule has 1 atom stereocenters. The Kier molecular flexibility index (Phi) is 7.75. The molecule has 1 N–H and O–H groups in total. The normalized spacial score (nSPS) is 18.9. The summed E-state index contributed by atoms with van der Waals surface area (Å²) in [6.07, 6.45) is 8.06. The molecule has 1 unspecified atom stereocenters. The second-order valence-electron chi connectivity index (χ2n) is 11.5. The molecular formula is C34H35FN4O4. The lowest BCUT2D eigenvalue weighted by molar-refractivity contribution is -0.131. The van der Waals surface area contributed by atoms with Crippen molar-refractivity contribution in [1.82, 2.24) is 19.4 Å². The van der Waals surface area contributed by atoms with Crippen LogP contribution in [-0.4, -0.2) is 43.6 Å². The van der Waals surface area contributed by atoms with Gasteiger partial charge in [-0.05, 0) is 87.2 Å². The minimum absolute atomic E-state index is 0.270. The van der Waals surface area contributed by atoms with Crippen molar-refractivity contribution >= 4 is 12.0 Å². The van der Waals surface area contributed by atoms with Crippen LogP contribution in [0.3, 0.4) is 0 Å². The van der Waals surface area contributed by atoms with Crippen LogP contribution in [0.25, 0.3) is 6.08 Å². The molecule has 4 aromatic rings. The van der Waals surface area contributed by atoms with Crippen LogP contribution in [0.1, 0.15) is 65.1 Å².